The summed E-state index contributed by atoms with van der Waals surface area (Å²) in [7, 11) is 2.09. The molecule has 0 bridgehead atoms. The quantitative estimate of drug-likeness (QED) is 0.476. The van der Waals surface area contributed by atoms with Crippen LogP contribution in [0.2, 0.25) is 0 Å². The summed E-state index contributed by atoms with van der Waals surface area (Å²) in [6.07, 6.45) is 0. The fourth-order valence-corrected chi connectivity index (χ4v) is 3.87. The number of aryl methyl sites for hydroxylation is 1. The van der Waals surface area contributed by atoms with Gasteiger partial charge in [0, 0.05) is 16.5 Å². The third kappa shape index (κ3) is 4.79. The van der Waals surface area contributed by atoms with Crippen molar-refractivity contribution in [2.75, 3.05) is 20.1 Å². The number of likely N-dealkylation sites (N-methyl/N-ethyl adjacent to an activating group) is 1. The van der Waals surface area contributed by atoms with Gasteiger partial charge in [0.1, 0.15) is 6.54 Å². The van der Waals surface area contributed by atoms with Crippen molar-refractivity contribution in [2.24, 2.45) is 0 Å². The van der Waals surface area contributed by atoms with Crippen LogP contribution in [0.15, 0.2) is 88.1 Å². The van der Waals surface area contributed by atoms with E-state index in [0.29, 0.717) is 22.9 Å². The van der Waals surface area contributed by atoms with Crippen LogP contribution < -0.4 is 15.8 Å². The van der Waals surface area contributed by atoms with Gasteiger partial charge in [-0.15, -0.1) is 0 Å². The average Bonchev–Trinajstić information content (AvgIpc) is 2.80. The van der Waals surface area contributed by atoms with Crippen molar-refractivity contribution in [1.82, 2.24) is 5.32 Å². The molecule has 5 heteroatoms. The number of benzene rings is 3. The molecule has 4 aromatic rings. The summed E-state index contributed by atoms with van der Waals surface area (Å²) in [5, 5.41) is 4.11. The van der Waals surface area contributed by atoms with Crippen molar-refractivity contribution in [3.05, 3.63) is 106 Å². The van der Waals surface area contributed by atoms with E-state index in [-0.39, 0.29) is 11.7 Å². The van der Waals surface area contributed by atoms with Gasteiger partial charge in [0.15, 0.2) is 0 Å². The van der Waals surface area contributed by atoms with Crippen molar-refractivity contribution in [3.63, 3.8) is 0 Å². The standard InChI is InChI=1S/C27H26N2O3/c1-19-12-14-21(15-13-19)24-22-10-6-7-11-23(22)27(31)32-25(24)26(30)28-16-17-29(2)18-20-8-4-3-5-9-20/h3-15H,16-18H2,1-2H3,(H,28,30)/p+1. The molecular weight excluding hydrogens is 400 g/mol. The molecule has 1 aromatic heterocycles. The predicted octanol–water partition coefficient (Wildman–Crippen LogP) is 3.21. The van der Waals surface area contributed by atoms with E-state index in [4.69, 9.17) is 4.42 Å². The van der Waals surface area contributed by atoms with Crippen molar-refractivity contribution >= 4 is 16.7 Å². The summed E-state index contributed by atoms with van der Waals surface area (Å²) >= 11 is 0. The van der Waals surface area contributed by atoms with Gasteiger partial charge in [0.05, 0.1) is 25.5 Å². The molecule has 0 saturated carbocycles. The molecule has 1 atom stereocenters. The van der Waals surface area contributed by atoms with Gasteiger partial charge >= 0.3 is 5.63 Å². The fraction of sp³-hybridized carbons (Fsp3) is 0.185. The zero-order valence-corrected chi connectivity index (χ0v) is 18.4. The molecule has 3 aromatic carbocycles. The molecule has 0 spiro atoms. The lowest BCUT2D eigenvalue weighted by atomic mass is 9.97. The monoisotopic (exact) mass is 427 g/mol. The molecule has 5 nitrogen and oxygen atoms in total. The third-order valence-electron chi connectivity index (χ3n) is 5.57. The van der Waals surface area contributed by atoms with Gasteiger partial charge in [0.25, 0.3) is 5.91 Å². The zero-order valence-electron chi connectivity index (χ0n) is 18.4. The average molecular weight is 428 g/mol. The molecule has 1 unspecified atom stereocenters. The van der Waals surface area contributed by atoms with Crippen LogP contribution in [-0.2, 0) is 6.54 Å². The van der Waals surface area contributed by atoms with Crippen LogP contribution in [0, 0.1) is 6.92 Å². The van der Waals surface area contributed by atoms with Crippen LogP contribution in [0.4, 0.5) is 0 Å². The molecule has 0 radical (unpaired) electrons. The van der Waals surface area contributed by atoms with E-state index in [2.05, 4.69) is 24.5 Å². The molecular formula is C27H27N2O3+. The van der Waals surface area contributed by atoms with Gasteiger partial charge in [-0.05, 0) is 18.6 Å². The maximum atomic E-state index is 13.1. The lowest BCUT2D eigenvalue weighted by Crippen LogP contribution is -3.08. The summed E-state index contributed by atoms with van der Waals surface area (Å²) in [4.78, 5) is 26.9. The van der Waals surface area contributed by atoms with E-state index in [1.165, 1.54) is 10.5 Å². The molecule has 0 aliphatic rings. The molecule has 162 valence electrons. The lowest BCUT2D eigenvalue weighted by molar-refractivity contribution is -0.892. The second kappa shape index (κ2) is 9.62. The molecule has 1 amide bonds. The second-order valence-corrected chi connectivity index (χ2v) is 8.13. The molecule has 0 fully saturated rings. The first kappa shape index (κ1) is 21.5. The Morgan fingerprint density at radius 1 is 0.906 bits per heavy atom. The Balaban J connectivity index is 1.57. The topological polar surface area (TPSA) is 63.8 Å². The smallest absolute Gasteiger partial charge is 0.344 e. The second-order valence-electron chi connectivity index (χ2n) is 8.13. The highest BCUT2D eigenvalue weighted by Gasteiger charge is 2.21. The molecule has 0 aliphatic heterocycles. The summed E-state index contributed by atoms with van der Waals surface area (Å²) in [5.41, 5.74) is 3.34. The minimum Gasteiger partial charge on any atom is -0.416 e. The van der Waals surface area contributed by atoms with Gasteiger partial charge in [-0.2, -0.15) is 0 Å². The van der Waals surface area contributed by atoms with Gasteiger partial charge in [-0.3, -0.25) is 4.79 Å². The van der Waals surface area contributed by atoms with Crippen LogP contribution in [0.5, 0.6) is 0 Å². The van der Waals surface area contributed by atoms with E-state index in [1.807, 2.05) is 61.5 Å². The summed E-state index contributed by atoms with van der Waals surface area (Å²) in [6, 6.07) is 25.4. The minimum atomic E-state index is -0.506. The van der Waals surface area contributed by atoms with E-state index in [1.54, 1.807) is 12.1 Å². The first-order valence-electron chi connectivity index (χ1n) is 10.8. The summed E-state index contributed by atoms with van der Waals surface area (Å²) in [6.45, 7) is 4.10. The first-order valence-corrected chi connectivity index (χ1v) is 10.8. The summed E-state index contributed by atoms with van der Waals surface area (Å²) in [5.74, 6) is -0.325. The number of carbonyl (C=O) groups excluding carboxylic acids is 1. The third-order valence-corrected chi connectivity index (χ3v) is 5.57. The van der Waals surface area contributed by atoms with Crippen molar-refractivity contribution in [1.29, 1.82) is 0 Å². The van der Waals surface area contributed by atoms with Crippen molar-refractivity contribution < 1.29 is 14.1 Å². The Morgan fingerprint density at radius 3 is 2.28 bits per heavy atom. The first-order chi connectivity index (χ1) is 15.5. The molecule has 4 rings (SSSR count). The number of amides is 1. The van der Waals surface area contributed by atoms with Crippen LogP contribution in [0.25, 0.3) is 21.9 Å². The molecule has 32 heavy (non-hydrogen) atoms. The largest absolute Gasteiger partial charge is 0.416 e. The minimum absolute atomic E-state index is 0.0539. The Morgan fingerprint density at radius 2 is 1.56 bits per heavy atom. The highest BCUT2D eigenvalue weighted by molar-refractivity contribution is 6.07. The fourth-order valence-electron chi connectivity index (χ4n) is 3.87. The highest BCUT2D eigenvalue weighted by Crippen LogP contribution is 2.30. The number of hydrogen-bond donors (Lipinski definition) is 2. The maximum Gasteiger partial charge on any atom is 0.344 e. The maximum absolute atomic E-state index is 13.1. The number of rotatable bonds is 7. The Labute approximate surface area is 187 Å². The Kier molecular flexibility index (Phi) is 6.47. The normalized spacial score (nSPS) is 11.9. The van der Waals surface area contributed by atoms with Crippen molar-refractivity contribution in [2.45, 2.75) is 13.5 Å². The SMILES string of the molecule is Cc1ccc(-c2c(C(=O)NCC[NH+](C)Cc3ccccc3)oc(=O)c3ccccc23)cc1. The predicted molar refractivity (Wildman–Crippen MR) is 127 cm³/mol. The zero-order chi connectivity index (χ0) is 22.5. The number of hydrogen-bond acceptors (Lipinski definition) is 3. The number of carbonyl (C=O) groups is 1. The van der Waals surface area contributed by atoms with Crippen LogP contribution >= 0.6 is 0 Å². The molecule has 0 aliphatic carbocycles. The molecule has 0 saturated heterocycles. The Bertz CT molecular complexity index is 1280. The van der Waals surface area contributed by atoms with Gasteiger partial charge in [-0.1, -0.05) is 78.4 Å². The van der Waals surface area contributed by atoms with Gasteiger partial charge in [0.2, 0.25) is 5.76 Å². The van der Waals surface area contributed by atoms with Crippen molar-refractivity contribution in [3.8, 4) is 11.1 Å². The van der Waals surface area contributed by atoms with E-state index < -0.39 is 5.63 Å². The van der Waals surface area contributed by atoms with E-state index in [0.717, 1.165) is 24.2 Å². The number of nitrogens with one attached hydrogen (secondary N) is 2. The van der Waals surface area contributed by atoms with Crippen LogP contribution in [-0.4, -0.2) is 26.0 Å². The van der Waals surface area contributed by atoms with Crippen LogP contribution in [0.3, 0.4) is 0 Å². The van der Waals surface area contributed by atoms with Gasteiger partial charge in [-0.25, -0.2) is 4.79 Å². The van der Waals surface area contributed by atoms with E-state index >= 15 is 0 Å². The molecule has 1 heterocycles. The number of fused-ring (bicyclic) bond motifs is 1. The highest BCUT2D eigenvalue weighted by atomic mass is 16.4. The Hall–Kier alpha value is -3.70. The van der Waals surface area contributed by atoms with Gasteiger partial charge < -0.3 is 14.6 Å². The lowest BCUT2D eigenvalue weighted by Gasteiger charge is -2.15. The summed E-state index contributed by atoms with van der Waals surface area (Å²) < 4.78 is 5.55. The van der Waals surface area contributed by atoms with E-state index in [9.17, 15) is 9.59 Å². The molecule has 2 N–H and O–H groups in total. The number of quaternary nitrogens is 1. The van der Waals surface area contributed by atoms with Crippen LogP contribution in [0.1, 0.15) is 21.7 Å².